The predicted molar refractivity (Wildman–Crippen MR) is 238 cm³/mol. The first-order valence-electron chi connectivity index (χ1n) is 22.2. The molecule has 5 aromatic rings. The standard InChI is InChI=1S/C51H57NO8S/c1-3-7-34-11-15-36(16-12-34)19-31-47(53)57-40-25-21-38(22-26-40)50(55)59-42-29-30-45(43(33-42)49-52-44-9-5-6-10-46(44)61-49)60-51(56)39-23-27-41(28-24-39)58-48(54)32-20-37-17-13-35(8-4-2)14-18-37/h5-6,9-18,29-30,33,38-41H,3-4,7-8,19-28,31-32H2,1-2H3. The van der Waals surface area contributed by atoms with Gasteiger partial charge < -0.3 is 18.9 Å². The van der Waals surface area contributed by atoms with E-state index in [0.29, 0.717) is 99.1 Å². The summed E-state index contributed by atoms with van der Waals surface area (Å²) < 4.78 is 24.6. The number of carbonyl (C=O) groups excluding carboxylic acids is 4. The van der Waals surface area contributed by atoms with E-state index in [-0.39, 0.29) is 47.9 Å². The predicted octanol–water partition coefficient (Wildman–Crippen LogP) is 11.1. The molecule has 2 saturated carbocycles. The van der Waals surface area contributed by atoms with Crippen LogP contribution < -0.4 is 9.47 Å². The lowest BCUT2D eigenvalue weighted by molar-refractivity contribution is -0.153. The number of thiazole rings is 1. The zero-order chi connectivity index (χ0) is 42.6. The molecule has 2 fully saturated rings. The van der Waals surface area contributed by atoms with Crippen molar-refractivity contribution in [2.75, 3.05) is 0 Å². The Labute approximate surface area is 363 Å². The molecule has 1 heterocycles. The van der Waals surface area contributed by atoms with Crippen LogP contribution in [-0.2, 0) is 54.3 Å². The van der Waals surface area contributed by atoms with Crippen LogP contribution in [0.1, 0.15) is 113 Å². The highest BCUT2D eigenvalue weighted by Crippen LogP contribution is 2.40. The molecular weight excluding hydrogens is 787 g/mol. The molecule has 0 atom stereocenters. The van der Waals surface area contributed by atoms with Crippen LogP contribution in [-0.4, -0.2) is 41.1 Å². The number of carbonyl (C=O) groups is 4. The summed E-state index contributed by atoms with van der Waals surface area (Å²) in [5, 5.41) is 0.644. The van der Waals surface area contributed by atoms with Gasteiger partial charge in [-0.1, -0.05) is 87.4 Å². The van der Waals surface area contributed by atoms with Gasteiger partial charge in [0, 0.05) is 12.8 Å². The zero-order valence-corrected chi connectivity index (χ0v) is 36.2. The molecule has 0 N–H and O–H groups in total. The molecule has 4 aromatic carbocycles. The summed E-state index contributed by atoms with van der Waals surface area (Å²) in [7, 11) is 0. The van der Waals surface area contributed by atoms with Gasteiger partial charge in [0.15, 0.2) is 0 Å². The van der Waals surface area contributed by atoms with Gasteiger partial charge in [-0.05, 0) is 130 Å². The Morgan fingerprint density at radius 1 is 0.574 bits per heavy atom. The number of benzene rings is 4. The second-order valence-corrected chi connectivity index (χ2v) is 17.6. The summed E-state index contributed by atoms with van der Waals surface area (Å²) in [5.41, 5.74) is 6.23. The summed E-state index contributed by atoms with van der Waals surface area (Å²) in [6.45, 7) is 4.32. The summed E-state index contributed by atoms with van der Waals surface area (Å²) in [5.74, 6) is -1.09. The van der Waals surface area contributed by atoms with Crippen LogP contribution in [0.25, 0.3) is 20.8 Å². The second-order valence-electron chi connectivity index (χ2n) is 16.5. The van der Waals surface area contributed by atoms with E-state index in [0.717, 1.165) is 47.0 Å². The normalized spacial score (nSPS) is 18.9. The van der Waals surface area contributed by atoms with E-state index in [1.54, 1.807) is 18.2 Å². The van der Waals surface area contributed by atoms with E-state index < -0.39 is 0 Å². The topological polar surface area (TPSA) is 118 Å². The average molecular weight is 844 g/mol. The lowest BCUT2D eigenvalue weighted by Crippen LogP contribution is -2.30. The van der Waals surface area contributed by atoms with Crippen molar-refractivity contribution in [3.8, 4) is 22.1 Å². The maximum absolute atomic E-state index is 13.6. The number of aryl methyl sites for hydroxylation is 4. The summed E-state index contributed by atoms with van der Waals surface area (Å²) in [4.78, 5) is 57.2. The molecule has 1 aromatic heterocycles. The number of esters is 4. The fourth-order valence-electron chi connectivity index (χ4n) is 8.35. The van der Waals surface area contributed by atoms with Crippen LogP contribution in [0.4, 0.5) is 0 Å². The zero-order valence-electron chi connectivity index (χ0n) is 35.4. The van der Waals surface area contributed by atoms with E-state index in [1.807, 2.05) is 24.3 Å². The van der Waals surface area contributed by atoms with Crippen molar-refractivity contribution in [2.24, 2.45) is 11.8 Å². The molecule has 0 saturated heterocycles. The van der Waals surface area contributed by atoms with Gasteiger partial charge >= 0.3 is 23.9 Å². The van der Waals surface area contributed by atoms with Gasteiger partial charge in [-0.15, -0.1) is 11.3 Å². The Kier molecular flexibility index (Phi) is 15.4. The Balaban J connectivity index is 0.903. The van der Waals surface area contributed by atoms with Crippen LogP contribution in [0.5, 0.6) is 11.5 Å². The highest BCUT2D eigenvalue weighted by atomic mass is 32.1. The van der Waals surface area contributed by atoms with Gasteiger partial charge in [0.2, 0.25) is 0 Å². The third kappa shape index (κ3) is 12.4. The van der Waals surface area contributed by atoms with E-state index >= 15 is 0 Å². The third-order valence-corrected chi connectivity index (χ3v) is 12.9. The SMILES string of the molecule is CCCc1ccc(CCC(=O)OC2CCC(C(=O)Oc3ccc(OC(=O)C4CCC(OC(=O)CCc5ccc(CCC)cc5)CC4)c(-c4nc5ccccc5s4)c3)CC2)cc1. The van der Waals surface area contributed by atoms with Crippen molar-refractivity contribution in [1.29, 1.82) is 0 Å². The number of nitrogens with zero attached hydrogens (tertiary/aromatic N) is 1. The first-order valence-corrected chi connectivity index (χ1v) is 23.0. The highest BCUT2D eigenvalue weighted by molar-refractivity contribution is 7.21. The van der Waals surface area contributed by atoms with Crippen molar-refractivity contribution < 1.29 is 38.1 Å². The van der Waals surface area contributed by atoms with Crippen molar-refractivity contribution in [3.05, 3.63) is 113 Å². The molecular formula is C51H57NO8S. The maximum Gasteiger partial charge on any atom is 0.314 e. The Morgan fingerprint density at radius 2 is 1.05 bits per heavy atom. The van der Waals surface area contributed by atoms with Crippen LogP contribution in [0, 0.1) is 11.8 Å². The molecule has 0 spiro atoms. The molecule has 7 rings (SSSR count). The molecule has 61 heavy (non-hydrogen) atoms. The number of hydrogen-bond donors (Lipinski definition) is 0. The van der Waals surface area contributed by atoms with Gasteiger partial charge in [0.05, 0.1) is 27.6 Å². The number of fused-ring (bicyclic) bond motifs is 1. The fraction of sp³-hybridized carbons (Fsp3) is 0.431. The summed E-state index contributed by atoms with van der Waals surface area (Å²) in [6.07, 6.45) is 10.4. The molecule has 0 bridgehead atoms. The molecule has 0 unspecified atom stereocenters. The number of aromatic nitrogens is 1. The molecule has 10 heteroatoms. The minimum atomic E-state index is -0.345. The van der Waals surface area contributed by atoms with Crippen LogP contribution in [0.2, 0.25) is 0 Å². The molecule has 9 nitrogen and oxygen atoms in total. The molecule has 0 amide bonds. The molecule has 0 radical (unpaired) electrons. The van der Waals surface area contributed by atoms with E-state index in [4.69, 9.17) is 23.9 Å². The molecule has 0 aliphatic heterocycles. The van der Waals surface area contributed by atoms with Gasteiger partial charge in [-0.2, -0.15) is 0 Å². The minimum Gasteiger partial charge on any atom is -0.462 e. The first kappa shape index (κ1) is 43.7. The van der Waals surface area contributed by atoms with Crippen LogP contribution in [0.15, 0.2) is 91.0 Å². The Morgan fingerprint density at radius 3 is 1.54 bits per heavy atom. The first-order chi connectivity index (χ1) is 29.7. The number of para-hydroxylation sites is 1. The number of rotatable bonds is 17. The van der Waals surface area contributed by atoms with Gasteiger partial charge in [0.25, 0.3) is 0 Å². The van der Waals surface area contributed by atoms with E-state index in [2.05, 4.69) is 62.4 Å². The van der Waals surface area contributed by atoms with Gasteiger partial charge in [-0.3, -0.25) is 19.2 Å². The highest BCUT2D eigenvalue weighted by Gasteiger charge is 2.32. The Bertz CT molecular complexity index is 2220. The van der Waals surface area contributed by atoms with Crippen LogP contribution in [0.3, 0.4) is 0 Å². The largest absolute Gasteiger partial charge is 0.462 e. The summed E-state index contributed by atoms with van der Waals surface area (Å²) in [6, 6.07) is 29.7. The summed E-state index contributed by atoms with van der Waals surface area (Å²) >= 11 is 1.47. The van der Waals surface area contributed by atoms with Crippen molar-refractivity contribution in [2.45, 2.75) is 129 Å². The smallest absolute Gasteiger partial charge is 0.314 e. The monoisotopic (exact) mass is 843 g/mol. The maximum atomic E-state index is 13.6. The van der Waals surface area contributed by atoms with Crippen molar-refractivity contribution in [1.82, 2.24) is 4.98 Å². The Hall–Kier alpha value is -5.35. The lowest BCUT2D eigenvalue weighted by atomic mass is 9.87. The van der Waals surface area contributed by atoms with Crippen LogP contribution >= 0.6 is 11.3 Å². The second kappa shape index (κ2) is 21.4. The molecule has 2 aliphatic carbocycles. The fourth-order valence-corrected chi connectivity index (χ4v) is 9.33. The van der Waals surface area contributed by atoms with Gasteiger partial charge in [-0.25, -0.2) is 4.98 Å². The van der Waals surface area contributed by atoms with Crippen molar-refractivity contribution >= 4 is 45.4 Å². The van der Waals surface area contributed by atoms with Gasteiger partial charge in [0.1, 0.15) is 28.7 Å². The lowest BCUT2D eigenvalue weighted by Gasteiger charge is -2.27. The average Bonchev–Trinajstić information content (AvgIpc) is 3.72. The number of hydrogen-bond acceptors (Lipinski definition) is 10. The third-order valence-electron chi connectivity index (χ3n) is 11.9. The van der Waals surface area contributed by atoms with E-state index in [1.165, 1.54) is 22.5 Å². The number of ether oxygens (including phenoxy) is 4. The molecule has 2 aliphatic rings. The minimum absolute atomic E-state index is 0.211. The quantitative estimate of drug-likeness (QED) is 0.0666. The van der Waals surface area contributed by atoms with E-state index in [9.17, 15) is 19.2 Å². The van der Waals surface area contributed by atoms with Crippen molar-refractivity contribution in [3.63, 3.8) is 0 Å². The molecule has 320 valence electrons.